The molecule has 0 saturated heterocycles. The number of amides is 1. The third-order valence-corrected chi connectivity index (χ3v) is 5.30. The number of carbonyl (C=O) groups excluding carboxylic acids is 1. The van der Waals surface area contributed by atoms with Gasteiger partial charge in [0.2, 0.25) is 0 Å². The van der Waals surface area contributed by atoms with Gasteiger partial charge in [-0.05, 0) is 51.7 Å². The molecule has 2 aromatic heterocycles. The highest BCUT2D eigenvalue weighted by atomic mass is 35.5. The molecule has 0 saturated carbocycles. The molecule has 3 rings (SSSR count). The number of aromatic nitrogens is 3. The SMILES string of the molecule is Cn1ncc2cc(Cl)nc(CC(O)CCCC(NC(=O)OC(C)(C)C)c3ccccc3)c21. The Hall–Kier alpha value is -2.64. The van der Waals surface area contributed by atoms with Gasteiger partial charge in [-0.1, -0.05) is 41.9 Å². The first kappa shape index (κ1) is 24.0. The van der Waals surface area contributed by atoms with Crippen LogP contribution in [0, 0.1) is 0 Å². The third kappa shape index (κ3) is 6.68. The topological polar surface area (TPSA) is 89.3 Å². The molecule has 7 nitrogen and oxygen atoms in total. The molecule has 2 atom stereocenters. The molecule has 2 N–H and O–H groups in total. The number of ether oxygens (including phenoxy) is 1. The van der Waals surface area contributed by atoms with Gasteiger partial charge in [0.05, 0.1) is 29.6 Å². The van der Waals surface area contributed by atoms with E-state index in [4.69, 9.17) is 16.3 Å². The molecule has 0 aliphatic carbocycles. The van der Waals surface area contributed by atoms with Gasteiger partial charge in [-0.2, -0.15) is 5.10 Å². The number of aliphatic hydroxyl groups is 1. The van der Waals surface area contributed by atoms with E-state index < -0.39 is 17.8 Å². The van der Waals surface area contributed by atoms with E-state index in [0.29, 0.717) is 30.8 Å². The molecule has 8 heteroatoms. The molecule has 0 radical (unpaired) electrons. The minimum Gasteiger partial charge on any atom is -0.444 e. The molecular weight excluding hydrogens is 428 g/mol. The monoisotopic (exact) mass is 458 g/mol. The quantitative estimate of drug-likeness (QED) is 0.465. The summed E-state index contributed by atoms with van der Waals surface area (Å²) in [5.41, 5.74) is 2.04. The van der Waals surface area contributed by atoms with Crippen molar-refractivity contribution in [3.05, 3.63) is 59.0 Å². The average Bonchev–Trinajstić information content (AvgIpc) is 3.07. The molecule has 172 valence electrons. The molecule has 3 aromatic rings. The average molecular weight is 459 g/mol. The van der Waals surface area contributed by atoms with Gasteiger partial charge in [0.25, 0.3) is 0 Å². The predicted octanol–water partition coefficient (Wildman–Crippen LogP) is 4.96. The number of pyridine rings is 1. The van der Waals surface area contributed by atoms with Crippen molar-refractivity contribution in [2.45, 2.75) is 64.2 Å². The summed E-state index contributed by atoms with van der Waals surface area (Å²) in [7, 11) is 1.85. The third-order valence-electron chi connectivity index (χ3n) is 5.11. The van der Waals surface area contributed by atoms with Gasteiger partial charge in [0.15, 0.2) is 0 Å². The Bertz CT molecular complexity index is 1050. The van der Waals surface area contributed by atoms with Crippen molar-refractivity contribution in [2.75, 3.05) is 0 Å². The number of benzene rings is 1. The van der Waals surface area contributed by atoms with E-state index in [2.05, 4.69) is 15.4 Å². The van der Waals surface area contributed by atoms with E-state index in [0.717, 1.165) is 22.2 Å². The summed E-state index contributed by atoms with van der Waals surface area (Å²) in [6.07, 6.45) is 3.03. The van der Waals surface area contributed by atoms with Gasteiger partial charge in [0, 0.05) is 18.9 Å². The lowest BCUT2D eigenvalue weighted by Gasteiger charge is -2.24. The number of carbonyl (C=O) groups is 1. The summed E-state index contributed by atoms with van der Waals surface area (Å²) >= 11 is 6.14. The number of hydrogen-bond acceptors (Lipinski definition) is 5. The minimum absolute atomic E-state index is 0.202. The molecule has 0 spiro atoms. The van der Waals surface area contributed by atoms with Gasteiger partial charge in [-0.25, -0.2) is 9.78 Å². The summed E-state index contributed by atoms with van der Waals surface area (Å²) in [5.74, 6) is 0. The maximum absolute atomic E-state index is 12.3. The molecule has 0 aliphatic rings. The van der Waals surface area contributed by atoms with E-state index in [-0.39, 0.29) is 6.04 Å². The number of aliphatic hydroxyl groups excluding tert-OH is 1. The van der Waals surface area contributed by atoms with Crippen LogP contribution >= 0.6 is 11.6 Å². The summed E-state index contributed by atoms with van der Waals surface area (Å²) in [6, 6.07) is 11.4. The highest BCUT2D eigenvalue weighted by molar-refractivity contribution is 6.30. The zero-order valence-corrected chi connectivity index (χ0v) is 19.8. The highest BCUT2D eigenvalue weighted by Crippen LogP contribution is 2.24. The second-order valence-electron chi connectivity index (χ2n) is 9.00. The number of fused-ring (bicyclic) bond motifs is 1. The molecule has 0 bridgehead atoms. The van der Waals surface area contributed by atoms with Crippen LogP contribution in [0.15, 0.2) is 42.6 Å². The predicted molar refractivity (Wildman–Crippen MR) is 126 cm³/mol. The Morgan fingerprint density at radius 3 is 2.66 bits per heavy atom. The van der Waals surface area contributed by atoms with Crippen molar-refractivity contribution in [2.24, 2.45) is 7.05 Å². The number of alkyl carbamates (subject to hydrolysis) is 1. The summed E-state index contributed by atoms with van der Waals surface area (Å²) in [5, 5.41) is 19.2. The number of hydrogen-bond donors (Lipinski definition) is 2. The fraction of sp³-hybridized carbons (Fsp3) is 0.458. The van der Waals surface area contributed by atoms with Gasteiger partial charge in [-0.3, -0.25) is 4.68 Å². The second-order valence-corrected chi connectivity index (χ2v) is 9.38. The molecule has 0 aliphatic heterocycles. The lowest BCUT2D eigenvalue weighted by Crippen LogP contribution is -2.35. The molecule has 2 heterocycles. The van der Waals surface area contributed by atoms with Crippen LogP contribution in [0.25, 0.3) is 10.9 Å². The van der Waals surface area contributed by atoms with E-state index in [1.807, 2.05) is 58.2 Å². The van der Waals surface area contributed by atoms with Crippen LogP contribution in [0.1, 0.15) is 57.3 Å². The van der Waals surface area contributed by atoms with Crippen molar-refractivity contribution in [1.82, 2.24) is 20.1 Å². The number of nitrogens with zero attached hydrogens (tertiary/aromatic N) is 3. The van der Waals surface area contributed by atoms with Crippen LogP contribution in [0.2, 0.25) is 5.15 Å². The smallest absolute Gasteiger partial charge is 0.408 e. The Morgan fingerprint density at radius 2 is 1.97 bits per heavy atom. The molecular formula is C24H31ClN4O3. The van der Waals surface area contributed by atoms with E-state index >= 15 is 0 Å². The molecule has 2 unspecified atom stereocenters. The lowest BCUT2D eigenvalue weighted by atomic mass is 9.98. The number of nitrogens with one attached hydrogen (secondary N) is 1. The zero-order chi connectivity index (χ0) is 23.3. The van der Waals surface area contributed by atoms with Crippen LogP contribution in [0.5, 0.6) is 0 Å². The van der Waals surface area contributed by atoms with E-state index in [1.54, 1.807) is 16.9 Å². The number of halogens is 1. The Morgan fingerprint density at radius 1 is 1.25 bits per heavy atom. The molecule has 0 fully saturated rings. The van der Waals surface area contributed by atoms with Gasteiger partial charge in [0.1, 0.15) is 10.8 Å². The van der Waals surface area contributed by atoms with Crippen molar-refractivity contribution in [1.29, 1.82) is 0 Å². The highest BCUT2D eigenvalue weighted by Gasteiger charge is 2.21. The maximum Gasteiger partial charge on any atom is 0.408 e. The van der Waals surface area contributed by atoms with E-state index in [1.165, 1.54) is 0 Å². The van der Waals surface area contributed by atoms with Crippen LogP contribution in [-0.4, -0.2) is 37.7 Å². The fourth-order valence-corrected chi connectivity index (χ4v) is 3.96. The maximum atomic E-state index is 12.3. The van der Waals surface area contributed by atoms with Crippen molar-refractivity contribution in [3.8, 4) is 0 Å². The van der Waals surface area contributed by atoms with Gasteiger partial charge in [-0.15, -0.1) is 0 Å². The normalized spacial score (nSPS) is 13.7. The molecule has 1 amide bonds. The van der Waals surface area contributed by atoms with Crippen molar-refractivity contribution in [3.63, 3.8) is 0 Å². The van der Waals surface area contributed by atoms with Crippen molar-refractivity contribution < 1.29 is 14.6 Å². The van der Waals surface area contributed by atoms with Gasteiger partial charge < -0.3 is 15.2 Å². The second kappa shape index (κ2) is 10.3. The fourth-order valence-electron chi connectivity index (χ4n) is 3.74. The Kier molecular flexibility index (Phi) is 7.74. The first-order chi connectivity index (χ1) is 15.1. The summed E-state index contributed by atoms with van der Waals surface area (Å²) in [4.78, 5) is 16.7. The largest absolute Gasteiger partial charge is 0.444 e. The standard InChI is InChI=1S/C24H31ClN4O3/c1-24(2,3)32-23(31)28-19(16-9-6-5-7-10-16)12-8-11-18(30)14-20-22-17(13-21(25)27-20)15-26-29(22)4/h5-7,9-10,13,15,18-19,30H,8,11-12,14H2,1-4H3,(H,28,31). The van der Waals surface area contributed by atoms with E-state index in [9.17, 15) is 9.90 Å². The first-order valence-corrected chi connectivity index (χ1v) is 11.2. The van der Waals surface area contributed by atoms with Crippen LogP contribution in [0.3, 0.4) is 0 Å². The summed E-state index contributed by atoms with van der Waals surface area (Å²) in [6.45, 7) is 5.51. The Labute approximate surface area is 193 Å². The van der Waals surface area contributed by atoms with Crippen LogP contribution in [0.4, 0.5) is 4.79 Å². The Balaban J connectivity index is 1.62. The number of aryl methyl sites for hydroxylation is 1. The lowest BCUT2D eigenvalue weighted by molar-refractivity contribution is 0.0499. The van der Waals surface area contributed by atoms with Crippen LogP contribution < -0.4 is 5.32 Å². The first-order valence-electron chi connectivity index (χ1n) is 10.8. The zero-order valence-electron chi connectivity index (χ0n) is 19.0. The van der Waals surface area contributed by atoms with Gasteiger partial charge >= 0.3 is 6.09 Å². The molecule has 1 aromatic carbocycles. The number of rotatable bonds is 8. The summed E-state index contributed by atoms with van der Waals surface area (Å²) < 4.78 is 7.17. The molecule has 32 heavy (non-hydrogen) atoms. The van der Waals surface area contributed by atoms with Crippen molar-refractivity contribution >= 4 is 28.6 Å². The minimum atomic E-state index is -0.586. The van der Waals surface area contributed by atoms with Crippen LogP contribution in [-0.2, 0) is 18.2 Å².